The van der Waals surface area contributed by atoms with Crippen LogP contribution in [0, 0.1) is 0 Å². The number of anilines is 1. The summed E-state index contributed by atoms with van der Waals surface area (Å²) in [6, 6.07) is 8.87. The highest BCUT2D eigenvalue weighted by Crippen LogP contribution is 2.43. The van der Waals surface area contributed by atoms with Gasteiger partial charge in [0, 0.05) is 11.8 Å². The zero-order chi connectivity index (χ0) is 20.9. The molecule has 1 amide bonds. The quantitative estimate of drug-likeness (QED) is 0.396. The first-order valence-electron chi connectivity index (χ1n) is 8.04. The van der Waals surface area contributed by atoms with Crippen molar-refractivity contribution in [2.75, 3.05) is 5.32 Å². The maximum atomic E-state index is 13.0. The van der Waals surface area contributed by atoms with E-state index in [1.165, 1.54) is 30.3 Å². The van der Waals surface area contributed by atoms with Gasteiger partial charge in [-0.05, 0) is 30.3 Å². The van der Waals surface area contributed by atoms with E-state index < -0.39 is 17.8 Å². The number of fused-ring (bicyclic) bond motifs is 2. The van der Waals surface area contributed by atoms with Crippen LogP contribution in [0.25, 0.3) is 22.4 Å². The maximum absolute atomic E-state index is 13.0. The molecule has 0 saturated heterocycles. The Morgan fingerprint density at radius 2 is 1.86 bits per heavy atom. The summed E-state index contributed by atoms with van der Waals surface area (Å²) in [5, 5.41) is 13.0. The molecule has 0 radical (unpaired) electrons. The number of phenolic OH excluding ortho intramolecular Hbond substituents is 1. The Morgan fingerprint density at radius 1 is 1.10 bits per heavy atom. The van der Waals surface area contributed by atoms with E-state index in [-0.39, 0.29) is 38.8 Å². The molecule has 3 aromatic heterocycles. The molecule has 0 aliphatic rings. The monoisotopic (exact) mass is 440 g/mol. The smallest absolute Gasteiger partial charge is 0.433 e. The zero-order valence-electron chi connectivity index (χ0n) is 14.1. The van der Waals surface area contributed by atoms with E-state index in [1.807, 2.05) is 0 Å². The van der Waals surface area contributed by atoms with Crippen molar-refractivity contribution in [2.45, 2.75) is 6.18 Å². The number of benzene rings is 2. The van der Waals surface area contributed by atoms with Gasteiger partial charge in [0.2, 0.25) is 0 Å². The van der Waals surface area contributed by atoms with E-state index in [1.54, 1.807) is 0 Å². The summed E-state index contributed by atoms with van der Waals surface area (Å²) in [4.78, 5) is 16.4. The van der Waals surface area contributed by atoms with Crippen LogP contribution in [-0.4, -0.2) is 16.0 Å². The number of carbonyl (C=O) groups excluding carboxylic acids is 1. The highest BCUT2D eigenvalue weighted by Gasteiger charge is 2.34. The Morgan fingerprint density at radius 3 is 2.55 bits per heavy atom. The summed E-state index contributed by atoms with van der Waals surface area (Å²) in [7, 11) is 0. The van der Waals surface area contributed by atoms with E-state index in [9.17, 15) is 23.1 Å². The number of aromatic hydroxyl groups is 1. The molecular formula is C19H9Cl2F3N2O3. The summed E-state index contributed by atoms with van der Waals surface area (Å²) in [5.74, 6) is -0.980. The van der Waals surface area contributed by atoms with Crippen LogP contribution in [0.3, 0.4) is 0 Å². The van der Waals surface area contributed by atoms with Gasteiger partial charge in [-0.3, -0.25) is 4.79 Å². The second kappa shape index (κ2) is 6.82. The third-order valence-electron chi connectivity index (χ3n) is 4.14. The third-order valence-corrected chi connectivity index (χ3v) is 4.88. The first-order valence-corrected chi connectivity index (χ1v) is 8.79. The van der Waals surface area contributed by atoms with E-state index in [0.717, 1.165) is 12.1 Å². The van der Waals surface area contributed by atoms with Crippen LogP contribution in [-0.2, 0) is 6.18 Å². The summed E-state index contributed by atoms with van der Waals surface area (Å²) in [6.07, 6.45) is -4.67. The molecule has 29 heavy (non-hydrogen) atoms. The minimum atomic E-state index is -4.67. The van der Waals surface area contributed by atoms with Gasteiger partial charge in [0.1, 0.15) is 11.3 Å². The molecule has 3 heterocycles. The Balaban J connectivity index is 1.80. The van der Waals surface area contributed by atoms with Crippen molar-refractivity contribution in [1.29, 1.82) is 0 Å². The number of hydrogen-bond donors (Lipinski definition) is 2. The van der Waals surface area contributed by atoms with Gasteiger partial charge < -0.3 is 14.8 Å². The number of furan rings is 2. The number of aromatic nitrogens is 1. The predicted molar refractivity (Wildman–Crippen MR) is 102 cm³/mol. The molecule has 5 nitrogen and oxygen atoms in total. The predicted octanol–water partition coefficient (Wildman–Crippen LogP) is 6.22. The molecule has 0 unspecified atom stereocenters. The molecule has 0 aliphatic carbocycles. The van der Waals surface area contributed by atoms with Gasteiger partial charge in [0.25, 0.3) is 5.91 Å². The SMILES string of the molecule is O=C(Nc1ccc(Cl)c(Cl)c1)c1c(-c2cccc(C(F)(F)F)n2)c2oc1cc2O. The molecule has 2 bridgehead atoms. The lowest BCUT2D eigenvalue weighted by Crippen LogP contribution is -2.13. The lowest BCUT2D eigenvalue weighted by atomic mass is 10.0. The Bertz CT molecular complexity index is 1240. The second-order valence-corrected chi connectivity index (χ2v) is 6.88. The summed E-state index contributed by atoms with van der Waals surface area (Å²) in [5.41, 5.74) is -1.21. The van der Waals surface area contributed by atoms with Crippen LogP contribution in [0.4, 0.5) is 18.9 Å². The van der Waals surface area contributed by atoms with Crippen molar-refractivity contribution in [1.82, 2.24) is 4.98 Å². The van der Waals surface area contributed by atoms with E-state index in [2.05, 4.69) is 10.3 Å². The average molecular weight is 441 g/mol. The molecular weight excluding hydrogens is 432 g/mol. The third kappa shape index (κ3) is 3.45. The lowest BCUT2D eigenvalue weighted by Gasteiger charge is -2.10. The Hall–Kier alpha value is -2.97. The summed E-state index contributed by atoms with van der Waals surface area (Å²) < 4.78 is 44.5. The number of nitrogens with zero attached hydrogens (tertiary/aromatic N) is 1. The van der Waals surface area contributed by atoms with Crippen LogP contribution < -0.4 is 5.32 Å². The van der Waals surface area contributed by atoms with E-state index in [4.69, 9.17) is 27.6 Å². The molecule has 148 valence electrons. The summed E-state index contributed by atoms with van der Waals surface area (Å²) in [6.45, 7) is 0. The van der Waals surface area contributed by atoms with E-state index in [0.29, 0.717) is 10.7 Å². The molecule has 0 aliphatic heterocycles. The Kier molecular flexibility index (Phi) is 4.55. The molecule has 10 heteroatoms. The van der Waals surface area contributed by atoms with Crippen LogP contribution in [0.1, 0.15) is 16.1 Å². The minimum Gasteiger partial charge on any atom is -0.504 e. The van der Waals surface area contributed by atoms with Gasteiger partial charge in [-0.2, -0.15) is 13.2 Å². The fourth-order valence-electron chi connectivity index (χ4n) is 2.89. The largest absolute Gasteiger partial charge is 0.504 e. The second-order valence-electron chi connectivity index (χ2n) is 6.06. The first kappa shape index (κ1) is 19.4. The van der Waals surface area contributed by atoms with Gasteiger partial charge >= 0.3 is 6.18 Å². The maximum Gasteiger partial charge on any atom is 0.433 e. The highest BCUT2D eigenvalue weighted by atomic mass is 35.5. The number of alkyl halides is 3. The van der Waals surface area contributed by atoms with E-state index >= 15 is 0 Å². The molecule has 0 spiro atoms. The number of pyridine rings is 1. The van der Waals surface area contributed by atoms with Crippen molar-refractivity contribution >= 4 is 46.0 Å². The highest BCUT2D eigenvalue weighted by molar-refractivity contribution is 6.42. The number of amides is 1. The van der Waals surface area contributed by atoms with Gasteiger partial charge in [0.15, 0.2) is 11.3 Å². The van der Waals surface area contributed by atoms with Crippen LogP contribution in [0.15, 0.2) is 46.9 Å². The fraction of sp³-hybridized carbons (Fsp3) is 0.0526. The number of hydrogen-bond acceptors (Lipinski definition) is 4. The van der Waals surface area contributed by atoms with Crippen LogP contribution in [0.2, 0.25) is 10.0 Å². The van der Waals surface area contributed by atoms with Crippen molar-refractivity contribution in [2.24, 2.45) is 0 Å². The molecule has 0 fully saturated rings. The zero-order valence-corrected chi connectivity index (χ0v) is 15.7. The molecule has 0 saturated carbocycles. The minimum absolute atomic E-state index is 0.00396. The van der Waals surface area contributed by atoms with Crippen LogP contribution >= 0.6 is 23.2 Å². The molecule has 4 rings (SSSR count). The number of nitrogens with one attached hydrogen (secondary N) is 1. The first-order chi connectivity index (χ1) is 13.6. The lowest BCUT2D eigenvalue weighted by molar-refractivity contribution is -0.141. The summed E-state index contributed by atoms with van der Waals surface area (Å²) >= 11 is 11.8. The van der Waals surface area contributed by atoms with Crippen molar-refractivity contribution < 1.29 is 27.5 Å². The van der Waals surface area contributed by atoms with Crippen LogP contribution in [0.5, 0.6) is 5.75 Å². The van der Waals surface area contributed by atoms with Gasteiger partial charge in [-0.15, -0.1) is 0 Å². The number of phenols is 1. The van der Waals surface area contributed by atoms with Crippen molar-refractivity contribution in [3.8, 4) is 17.0 Å². The normalized spacial score (nSPS) is 11.9. The molecule has 2 N–H and O–H groups in total. The van der Waals surface area contributed by atoms with Gasteiger partial charge in [-0.25, -0.2) is 4.98 Å². The number of halogens is 5. The van der Waals surface area contributed by atoms with Crippen molar-refractivity contribution in [3.63, 3.8) is 0 Å². The molecule has 0 atom stereocenters. The van der Waals surface area contributed by atoms with Gasteiger partial charge in [0.05, 0.1) is 26.9 Å². The van der Waals surface area contributed by atoms with Crippen molar-refractivity contribution in [3.05, 3.63) is 63.8 Å². The number of carbonyl (C=O) groups is 1. The standard InChI is InChI=1S/C19H9Cl2F3N2O3/c20-9-5-4-8(6-10(9)21)25-18(28)16-13-7-12(27)17(29-13)15(16)11-2-1-3-14(26-11)19(22,23)24/h1-7,27H,(H,25,28). The topological polar surface area (TPSA) is 75.4 Å². The average Bonchev–Trinajstić information content (AvgIpc) is 3.21. The number of rotatable bonds is 3. The van der Waals surface area contributed by atoms with Gasteiger partial charge in [-0.1, -0.05) is 29.3 Å². The molecule has 1 aromatic carbocycles. The molecule has 4 aromatic rings. The Labute approximate surface area is 171 Å². The fourth-order valence-corrected chi connectivity index (χ4v) is 3.19.